The van der Waals surface area contributed by atoms with E-state index in [0.717, 1.165) is 18.4 Å². The molecule has 0 aromatic heterocycles. The highest BCUT2D eigenvalue weighted by Gasteiger charge is 2.39. The standard InChI is InChI=1S/C25H27NO9/c1-18(34-24(29)35-21-11-9-20(10-12-21)26(30)31)33-23(28)16-25(13-5-6-14-25)15-22(27)32-17-19-7-3-2-4-8-19/h2-4,7-12,18H,5-6,13-17H2,1H3. The van der Waals surface area contributed by atoms with E-state index in [-0.39, 0.29) is 36.9 Å². The number of nitrogens with zero attached hydrogens (tertiary/aromatic N) is 1. The Morgan fingerprint density at radius 2 is 1.57 bits per heavy atom. The van der Waals surface area contributed by atoms with Gasteiger partial charge in [0, 0.05) is 19.1 Å². The van der Waals surface area contributed by atoms with Crippen LogP contribution in [0.4, 0.5) is 10.5 Å². The first-order chi connectivity index (χ1) is 16.7. The van der Waals surface area contributed by atoms with Crippen molar-refractivity contribution in [2.75, 3.05) is 0 Å². The molecule has 2 aromatic carbocycles. The molecule has 1 aliphatic carbocycles. The van der Waals surface area contributed by atoms with E-state index in [4.69, 9.17) is 18.9 Å². The summed E-state index contributed by atoms with van der Waals surface area (Å²) in [4.78, 5) is 47.0. The molecule has 186 valence electrons. The van der Waals surface area contributed by atoms with Crippen molar-refractivity contribution in [1.82, 2.24) is 0 Å². The minimum atomic E-state index is -1.23. The lowest BCUT2D eigenvalue weighted by atomic mass is 9.79. The molecule has 0 N–H and O–H groups in total. The number of nitro groups is 1. The van der Waals surface area contributed by atoms with Gasteiger partial charge in [0.1, 0.15) is 12.4 Å². The molecule has 0 spiro atoms. The molecule has 10 nitrogen and oxygen atoms in total. The van der Waals surface area contributed by atoms with Crippen LogP contribution in [0.5, 0.6) is 5.75 Å². The van der Waals surface area contributed by atoms with Crippen molar-refractivity contribution in [1.29, 1.82) is 0 Å². The molecule has 0 amide bonds. The monoisotopic (exact) mass is 485 g/mol. The molecule has 0 radical (unpaired) electrons. The van der Waals surface area contributed by atoms with Crippen LogP contribution in [0.1, 0.15) is 51.0 Å². The van der Waals surface area contributed by atoms with E-state index in [1.807, 2.05) is 30.3 Å². The molecule has 10 heteroatoms. The Kier molecular flexibility index (Phi) is 8.77. The van der Waals surface area contributed by atoms with Crippen molar-refractivity contribution in [2.45, 2.75) is 58.3 Å². The normalized spacial score (nSPS) is 15.0. The Morgan fingerprint density at radius 3 is 2.20 bits per heavy atom. The van der Waals surface area contributed by atoms with Crippen molar-refractivity contribution in [3.8, 4) is 5.75 Å². The summed E-state index contributed by atoms with van der Waals surface area (Å²) < 4.78 is 20.5. The van der Waals surface area contributed by atoms with Gasteiger partial charge in [0.15, 0.2) is 0 Å². The summed E-state index contributed by atoms with van der Waals surface area (Å²) in [5, 5.41) is 10.7. The van der Waals surface area contributed by atoms with Gasteiger partial charge in [-0.25, -0.2) is 4.79 Å². The Bertz CT molecular complexity index is 1030. The third-order valence-electron chi connectivity index (χ3n) is 5.75. The van der Waals surface area contributed by atoms with Crippen LogP contribution in [0, 0.1) is 15.5 Å². The van der Waals surface area contributed by atoms with Crippen LogP contribution in [0.2, 0.25) is 0 Å². The zero-order valence-electron chi connectivity index (χ0n) is 19.3. The van der Waals surface area contributed by atoms with E-state index in [1.54, 1.807) is 0 Å². The maximum absolute atomic E-state index is 12.5. The molecule has 0 aliphatic heterocycles. The summed E-state index contributed by atoms with van der Waals surface area (Å²) in [6.07, 6.45) is 0.931. The maximum atomic E-state index is 12.5. The predicted octanol–water partition coefficient (Wildman–Crippen LogP) is 5.08. The van der Waals surface area contributed by atoms with Crippen LogP contribution in [0.3, 0.4) is 0 Å². The van der Waals surface area contributed by atoms with Gasteiger partial charge in [0.25, 0.3) is 5.69 Å². The summed E-state index contributed by atoms with van der Waals surface area (Å²) in [6.45, 7) is 1.53. The topological polar surface area (TPSA) is 131 Å². The molecule has 1 aliphatic rings. The SMILES string of the molecule is CC(OC(=O)CC1(CC(=O)OCc2ccccc2)CCCC1)OC(=O)Oc1ccc([N+](=O)[O-])cc1. The van der Waals surface area contributed by atoms with Crippen LogP contribution < -0.4 is 4.74 Å². The number of carbonyl (C=O) groups is 3. The first kappa shape index (κ1) is 25.7. The lowest BCUT2D eigenvalue weighted by Crippen LogP contribution is -2.29. The lowest BCUT2D eigenvalue weighted by molar-refractivity contribution is -0.384. The van der Waals surface area contributed by atoms with Gasteiger partial charge in [0.2, 0.25) is 6.29 Å². The molecule has 1 atom stereocenters. The predicted molar refractivity (Wildman–Crippen MR) is 122 cm³/mol. The van der Waals surface area contributed by atoms with Crippen LogP contribution in [0.25, 0.3) is 0 Å². The number of ether oxygens (including phenoxy) is 4. The molecule has 35 heavy (non-hydrogen) atoms. The molecule has 3 rings (SSSR count). The van der Waals surface area contributed by atoms with Crippen molar-refractivity contribution >= 4 is 23.8 Å². The molecular weight excluding hydrogens is 458 g/mol. The van der Waals surface area contributed by atoms with Crippen molar-refractivity contribution < 1.29 is 38.3 Å². The summed E-state index contributed by atoms with van der Waals surface area (Å²) in [7, 11) is 0. The summed E-state index contributed by atoms with van der Waals surface area (Å²) in [5.41, 5.74) is 0.175. The minimum Gasteiger partial charge on any atom is -0.461 e. The Hall–Kier alpha value is -3.95. The fourth-order valence-electron chi connectivity index (χ4n) is 4.09. The average molecular weight is 485 g/mol. The maximum Gasteiger partial charge on any atom is 0.516 e. The molecular formula is C25H27NO9. The van der Waals surface area contributed by atoms with Gasteiger partial charge in [-0.15, -0.1) is 0 Å². The van der Waals surface area contributed by atoms with E-state index in [1.165, 1.54) is 31.2 Å². The number of nitro benzene ring substituents is 1. The number of hydrogen-bond donors (Lipinski definition) is 0. The highest BCUT2D eigenvalue weighted by Crippen LogP contribution is 2.44. The van der Waals surface area contributed by atoms with Crippen molar-refractivity contribution in [3.05, 3.63) is 70.3 Å². The third-order valence-corrected chi connectivity index (χ3v) is 5.75. The van der Waals surface area contributed by atoms with Gasteiger partial charge in [0.05, 0.1) is 17.8 Å². The number of rotatable bonds is 10. The van der Waals surface area contributed by atoms with E-state index < -0.39 is 28.8 Å². The van der Waals surface area contributed by atoms with Gasteiger partial charge in [-0.3, -0.25) is 19.7 Å². The number of esters is 2. The zero-order chi connectivity index (χ0) is 25.3. The van der Waals surface area contributed by atoms with Crippen molar-refractivity contribution in [3.63, 3.8) is 0 Å². The van der Waals surface area contributed by atoms with E-state index >= 15 is 0 Å². The van der Waals surface area contributed by atoms with Gasteiger partial charge in [-0.05, 0) is 36.0 Å². The first-order valence-corrected chi connectivity index (χ1v) is 11.3. The fourth-order valence-corrected chi connectivity index (χ4v) is 4.09. The summed E-state index contributed by atoms with van der Waals surface area (Å²) >= 11 is 0. The summed E-state index contributed by atoms with van der Waals surface area (Å²) in [6, 6.07) is 14.2. The molecule has 1 unspecified atom stereocenters. The molecule has 0 bridgehead atoms. The van der Waals surface area contributed by atoms with Gasteiger partial charge < -0.3 is 18.9 Å². The van der Waals surface area contributed by atoms with Crippen LogP contribution >= 0.6 is 0 Å². The quantitative estimate of drug-likeness (QED) is 0.148. The molecule has 2 aromatic rings. The fraction of sp³-hybridized carbons (Fsp3) is 0.400. The minimum absolute atomic E-state index is 0.00145. The first-order valence-electron chi connectivity index (χ1n) is 11.3. The Morgan fingerprint density at radius 1 is 0.943 bits per heavy atom. The number of non-ortho nitro benzene ring substituents is 1. The number of carbonyl (C=O) groups excluding carboxylic acids is 3. The van der Waals surface area contributed by atoms with Crippen LogP contribution in [-0.2, 0) is 30.4 Å². The van der Waals surface area contributed by atoms with Gasteiger partial charge in [-0.2, -0.15) is 0 Å². The third kappa shape index (κ3) is 8.09. The molecule has 0 heterocycles. The average Bonchev–Trinajstić information content (AvgIpc) is 3.25. The number of benzene rings is 2. The van der Waals surface area contributed by atoms with Crippen molar-refractivity contribution in [2.24, 2.45) is 5.41 Å². The lowest BCUT2D eigenvalue weighted by Gasteiger charge is -2.27. The van der Waals surface area contributed by atoms with E-state index in [0.29, 0.717) is 12.8 Å². The Labute approximate surface area is 202 Å². The molecule has 1 saturated carbocycles. The van der Waals surface area contributed by atoms with E-state index in [9.17, 15) is 24.5 Å². The Balaban J connectivity index is 1.46. The van der Waals surface area contributed by atoms with Gasteiger partial charge >= 0.3 is 18.1 Å². The second-order valence-corrected chi connectivity index (χ2v) is 8.49. The van der Waals surface area contributed by atoms with Crippen LogP contribution in [-0.4, -0.2) is 29.3 Å². The second kappa shape index (κ2) is 12.0. The highest BCUT2D eigenvalue weighted by molar-refractivity contribution is 5.74. The zero-order valence-corrected chi connectivity index (χ0v) is 19.3. The molecule has 1 fully saturated rings. The highest BCUT2D eigenvalue weighted by atomic mass is 16.8. The summed E-state index contributed by atoms with van der Waals surface area (Å²) in [5.74, 6) is -0.934. The molecule has 0 saturated heterocycles. The van der Waals surface area contributed by atoms with Crippen LogP contribution in [0.15, 0.2) is 54.6 Å². The number of hydrogen-bond acceptors (Lipinski definition) is 9. The van der Waals surface area contributed by atoms with E-state index in [2.05, 4.69) is 0 Å². The second-order valence-electron chi connectivity index (χ2n) is 8.49. The largest absolute Gasteiger partial charge is 0.516 e. The smallest absolute Gasteiger partial charge is 0.461 e. The van der Waals surface area contributed by atoms with Gasteiger partial charge in [-0.1, -0.05) is 43.2 Å².